The number of hydrogen-bond acceptors (Lipinski definition) is 3. The third-order valence-corrected chi connectivity index (χ3v) is 4.04. The van der Waals surface area contributed by atoms with Gasteiger partial charge in [0.2, 0.25) is 0 Å². The van der Waals surface area contributed by atoms with Gasteiger partial charge < -0.3 is 14.3 Å². The molecule has 3 nitrogen and oxygen atoms in total. The van der Waals surface area contributed by atoms with Crippen LogP contribution in [0, 0.1) is 6.92 Å². The zero-order valence-corrected chi connectivity index (χ0v) is 12.7. The molecule has 3 rings (SSSR count). The first kappa shape index (κ1) is 14.8. The fourth-order valence-electron chi connectivity index (χ4n) is 2.76. The molecule has 0 N–H and O–H groups in total. The average molecular weight is 296 g/mol. The maximum Gasteiger partial charge on any atom is 0.120 e. The molecular weight excluding hydrogens is 276 g/mol. The molecule has 22 heavy (non-hydrogen) atoms. The molecule has 0 fully saturated rings. The molecule has 1 aliphatic heterocycles. The maximum atomic E-state index is 10.8. The van der Waals surface area contributed by atoms with Crippen LogP contribution in [0.1, 0.15) is 34.6 Å². The molecule has 0 amide bonds. The number of aryl methyl sites for hydroxylation is 1. The summed E-state index contributed by atoms with van der Waals surface area (Å²) in [5, 5.41) is 0. The molecule has 3 heteroatoms. The van der Waals surface area contributed by atoms with Crippen LogP contribution in [0.2, 0.25) is 0 Å². The van der Waals surface area contributed by atoms with Crippen molar-refractivity contribution in [1.29, 1.82) is 0 Å². The molecule has 114 valence electrons. The zero-order chi connectivity index (χ0) is 15.4. The fraction of sp³-hybridized carbons (Fsp3) is 0.316. The molecule has 0 aromatic heterocycles. The van der Waals surface area contributed by atoms with E-state index in [-0.39, 0.29) is 5.92 Å². The molecule has 0 radical (unpaired) electrons. The summed E-state index contributed by atoms with van der Waals surface area (Å²) in [5.74, 6) is 1.02. The van der Waals surface area contributed by atoms with Gasteiger partial charge in [-0.05, 0) is 35.7 Å². The first-order chi connectivity index (χ1) is 10.8. The van der Waals surface area contributed by atoms with Crippen molar-refractivity contribution in [3.63, 3.8) is 0 Å². The van der Waals surface area contributed by atoms with Crippen LogP contribution in [0.3, 0.4) is 0 Å². The Labute approximate surface area is 130 Å². The summed E-state index contributed by atoms with van der Waals surface area (Å²) in [4.78, 5) is 10.8. The number of ether oxygens (including phenoxy) is 2. The van der Waals surface area contributed by atoms with Gasteiger partial charge in [-0.3, -0.25) is 0 Å². The zero-order valence-electron chi connectivity index (χ0n) is 12.7. The van der Waals surface area contributed by atoms with Gasteiger partial charge in [-0.1, -0.05) is 35.9 Å². The molecule has 0 saturated heterocycles. The van der Waals surface area contributed by atoms with E-state index in [1.54, 1.807) is 0 Å². The highest BCUT2D eigenvalue weighted by Crippen LogP contribution is 2.31. The molecular formula is C19H20O3. The Morgan fingerprint density at radius 1 is 1.23 bits per heavy atom. The number of fused-ring (bicyclic) bond motifs is 1. The summed E-state index contributed by atoms with van der Waals surface area (Å²) in [7, 11) is 0. The molecule has 2 aromatic carbocycles. The second-order valence-electron chi connectivity index (χ2n) is 5.75. The minimum atomic E-state index is 0.174. The van der Waals surface area contributed by atoms with Crippen molar-refractivity contribution in [2.24, 2.45) is 0 Å². The van der Waals surface area contributed by atoms with Crippen molar-refractivity contribution in [2.45, 2.75) is 32.5 Å². The first-order valence-electron chi connectivity index (χ1n) is 7.59. The predicted octanol–water partition coefficient (Wildman–Crippen LogP) is 3.78. The molecule has 0 spiro atoms. The van der Waals surface area contributed by atoms with E-state index in [0.29, 0.717) is 26.2 Å². The lowest BCUT2D eigenvalue weighted by atomic mass is 9.91. The lowest BCUT2D eigenvalue weighted by molar-refractivity contribution is -0.108. The van der Waals surface area contributed by atoms with Crippen molar-refractivity contribution in [3.8, 4) is 5.75 Å². The standard InChI is InChI=1S/C19H20O3/c1-14-2-4-15(5-3-14)11-22-18-6-7-19-16(8-9-20)12-21-13-17(19)10-18/h2-7,9-10,16H,8,11-13H2,1H3. The lowest BCUT2D eigenvalue weighted by Crippen LogP contribution is -2.17. The van der Waals surface area contributed by atoms with Gasteiger partial charge in [0.1, 0.15) is 18.6 Å². The van der Waals surface area contributed by atoms with Gasteiger partial charge in [-0.15, -0.1) is 0 Å². The fourth-order valence-corrected chi connectivity index (χ4v) is 2.76. The van der Waals surface area contributed by atoms with Crippen LogP contribution < -0.4 is 4.74 Å². The molecule has 1 aliphatic rings. The molecule has 1 heterocycles. The number of carbonyl (C=O) groups is 1. The summed E-state index contributed by atoms with van der Waals surface area (Å²) < 4.78 is 11.4. The Morgan fingerprint density at radius 3 is 2.82 bits per heavy atom. The maximum absolute atomic E-state index is 10.8. The van der Waals surface area contributed by atoms with E-state index >= 15 is 0 Å². The van der Waals surface area contributed by atoms with Gasteiger partial charge in [0.05, 0.1) is 13.2 Å². The number of benzene rings is 2. The average Bonchev–Trinajstić information content (AvgIpc) is 2.55. The third kappa shape index (κ3) is 3.37. The minimum Gasteiger partial charge on any atom is -0.489 e. The van der Waals surface area contributed by atoms with Crippen molar-refractivity contribution >= 4 is 6.29 Å². The van der Waals surface area contributed by atoms with Crippen molar-refractivity contribution in [2.75, 3.05) is 6.61 Å². The van der Waals surface area contributed by atoms with Crippen molar-refractivity contribution in [1.82, 2.24) is 0 Å². The van der Waals surface area contributed by atoms with Crippen LogP contribution in [0.25, 0.3) is 0 Å². The topological polar surface area (TPSA) is 35.5 Å². The Balaban J connectivity index is 1.70. The second-order valence-corrected chi connectivity index (χ2v) is 5.75. The van der Waals surface area contributed by atoms with Crippen LogP contribution in [-0.2, 0) is 22.7 Å². The van der Waals surface area contributed by atoms with E-state index in [4.69, 9.17) is 9.47 Å². The number of hydrogen-bond donors (Lipinski definition) is 0. The quantitative estimate of drug-likeness (QED) is 0.788. The smallest absolute Gasteiger partial charge is 0.120 e. The Hall–Kier alpha value is -2.13. The Bertz CT molecular complexity index is 646. The molecule has 0 aliphatic carbocycles. The summed E-state index contributed by atoms with van der Waals surface area (Å²) >= 11 is 0. The van der Waals surface area contributed by atoms with Gasteiger partial charge in [-0.25, -0.2) is 0 Å². The number of aldehydes is 1. The van der Waals surface area contributed by atoms with Gasteiger partial charge >= 0.3 is 0 Å². The number of rotatable bonds is 5. The largest absolute Gasteiger partial charge is 0.489 e. The Kier molecular flexibility index (Phi) is 4.54. The van der Waals surface area contributed by atoms with Crippen LogP contribution in [0.15, 0.2) is 42.5 Å². The Morgan fingerprint density at radius 2 is 2.05 bits per heavy atom. The van der Waals surface area contributed by atoms with Crippen molar-refractivity contribution in [3.05, 3.63) is 64.7 Å². The van der Waals surface area contributed by atoms with Crippen molar-refractivity contribution < 1.29 is 14.3 Å². The number of carbonyl (C=O) groups excluding carboxylic acids is 1. The summed E-state index contributed by atoms with van der Waals surface area (Å²) in [6.45, 7) is 3.84. The van der Waals surface area contributed by atoms with Crippen LogP contribution in [0.5, 0.6) is 5.75 Å². The third-order valence-electron chi connectivity index (χ3n) is 4.04. The highest BCUT2D eigenvalue weighted by Gasteiger charge is 2.20. The predicted molar refractivity (Wildman–Crippen MR) is 85.0 cm³/mol. The highest BCUT2D eigenvalue weighted by atomic mass is 16.5. The SMILES string of the molecule is Cc1ccc(COc2ccc3c(c2)COCC3CC=O)cc1. The molecule has 2 aromatic rings. The summed E-state index contributed by atoms with van der Waals surface area (Å²) in [5.41, 5.74) is 4.73. The lowest BCUT2D eigenvalue weighted by Gasteiger charge is -2.24. The van der Waals surface area contributed by atoms with E-state index < -0.39 is 0 Å². The normalized spacial score (nSPS) is 16.9. The minimum absolute atomic E-state index is 0.174. The summed E-state index contributed by atoms with van der Waals surface area (Å²) in [6.07, 6.45) is 1.47. The molecule has 0 bridgehead atoms. The monoisotopic (exact) mass is 296 g/mol. The van der Waals surface area contributed by atoms with Crippen LogP contribution in [0.4, 0.5) is 0 Å². The van der Waals surface area contributed by atoms with E-state index in [0.717, 1.165) is 23.2 Å². The second kappa shape index (κ2) is 6.75. The molecule has 1 atom stereocenters. The van der Waals surface area contributed by atoms with E-state index in [1.165, 1.54) is 11.1 Å². The van der Waals surface area contributed by atoms with Gasteiger partial charge in [0.25, 0.3) is 0 Å². The van der Waals surface area contributed by atoms with Gasteiger partial charge in [0, 0.05) is 12.3 Å². The van der Waals surface area contributed by atoms with E-state index in [2.05, 4.69) is 37.3 Å². The molecule has 1 unspecified atom stereocenters. The van der Waals surface area contributed by atoms with E-state index in [9.17, 15) is 4.79 Å². The highest BCUT2D eigenvalue weighted by molar-refractivity contribution is 5.53. The van der Waals surface area contributed by atoms with Crippen LogP contribution in [-0.4, -0.2) is 12.9 Å². The summed E-state index contributed by atoms with van der Waals surface area (Å²) in [6, 6.07) is 14.4. The van der Waals surface area contributed by atoms with Crippen LogP contribution >= 0.6 is 0 Å². The first-order valence-corrected chi connectivity index (χ1v) is 7.59. The molecule has 0 saturated carbocycles. The van der Waals surface area contributed by atoms with Gasteiger partial charge in [-0.2, -0.15) is 0 Å². The van der Waals surface area contributed by atoms with Gasteiger partial charge in [0.15, 0.2) is 0 Å². The van der Waals surface area contributed by atoms with E-state index in [1.807, 2.05) is 12.1 Å².